The SMILES string of the molecule is COC(=O)c1cc(C(=O)O)nc2cc(=O)[nH]n12.Cc1nc2cc(CNCl)ccc2o1. The average Bonchev–Trinajstić information content (AvgIpc) is 3.27. The van der Waals surface area contributed by atoms with Crippen LogP contribution in [-0.4, -0.2) is 43.7 Å². The van der Waals surface area contributed by atoms with Crippen LogP contribution in [-0.2, 0) is 11.3 Å². The number of esters is 1. The van der Waals surface area contributed by atoms with E-state index in [0.717, 1.165) is 40.4 Å². The van der Waals surface area contributed by atoms with Gasteiger partial charge >= 0.3 is 11.9 Å². The van der Waals surface area contributed by atoms with Gasteiger partial charge in [0.25, 0.3) is 5.56 Å². The maximum atomic E-state index is 11.4. The van der Waals surface area contributed by atoms with Gasteiger partial charge in [0.15, 0.2) is 28.5 Å². The maximum absolute atomic E-state index is 11.4. The van der Waals surface area contributed by atoms with Crippen LogP contribution in [0.3, 0.4) is 0 Å². The van der Waals surface area contributed by atoms with Crippen LogP contribution >= 0.6 is 11.8 Å². The van der Waals surface area contributed by atoms with Crippen molar-refractivity contribution >= 4 is 40.5 Å². The quantitative estimate of drug-likeness (QED) is 0.323. The minimum Gasteiger partial charge on any atom is -0.477 e. The lowest BCUT2D eigenvalue weighted by molar-refractivity contribution is 0.0590. The summed E-state index contributed by atoms with van der Waals surface area (Å²) in [5.74, 6) is -1.39. The Bertz CT molecular complexity index is 1290. The molecule has 11 nitrogen and oxygen atoms in total. The number of hydrogen-bond acceptors (Lipinski definition) is 8. The number of rotatable bonds is 4. The molecule has 0 radical (unpaired) electrons. The minimum absolute atomic E-state index is 0.0373. The summed E-state index contributed by atoms with van der Waals surface area (Å²) >= 11 is 5.40. The first-order chi connectivity index (χ1) is 14.3. The summed E-state index contributed by atoms with van der Waals surface area (Å²) in [4.78, 5) is 43.8. The second kappa shape index (κ2) is 8.76. The smallest absolute Gasteiger partial charge is 0.356 e. The highest BCUT2D eigenvalue weighted by molar-refractivity contribution is 6.13. The molecule has 0 atom stereocenters. The molecule has 0 bridgehead atoms. The third-order valence-corrected chi connectivity index (χ3v) is 4.04. The van der Waals surface area contributed by atoms with Crippen LogP contribution in [0.4, 0.5) is 0 Å². The van der Waals surface area contributed by atoms with E-state index in [2.05, 4.69) is 24.6 Å². The second-order valence-electron chi connectivity index (χ2n) is 5.98. The van der Waals surface area contributed by atoms with Crippen LogP contribution < -0.4 is 10.4 Å². The van der Waals surface area contributed by atoms with Gasteiger partial charge in [0.05, 0.1) is 7.11 Å². The molecule has 0 aliphatic heterocycles. The number of carboxylic acids is 1. The van der Waals surface area contributed by atoms with Crippen LogP contribution in [0.15, 0.2) is 39.5 Å². The van der Waals surface area contributed by atoms with Crippen molar-refractivity contribution in [1.29, 1.82) is 0 Å². The molecule has 0 spiro atoms. The van der Waals surface area contributed by atoms with E-state index in [-0.39, 0.29) is 17.0 Å². The number of H-pyrrole nitrogens is 1. The van der Waals surface area contributed by atoms with E-state index in [0.29, 0.717) is 12.4 Å². The van der Waals surface area contributed by atoms with Crippen LogP contribution in [0.1, 0.15) is 32.4 Å². The largest absolute Gasteiger partial charge is 0.477 e. The Morgan fingerprint density at radius 3 is 2.73 bits per heavy atom. The van der Waals surface area contributed by atoms with Crippen molar-refractivity contribution in [2.45, 2.75) is 13.5 Å². The number of aromatic amines is 1. The van der Waals surface area contributed by atoms with Crippen LogP contribution in [0.25, 0.3) is 16.7 Å². The van der Waals surface area contributed by atoms with Gasteiger partial charge in [-0.15, -0.1) is 0 Å². The third-order valence-electron chi connectivity index (χ3n) is 3.90. The Balaban J connectivity index is 0.000000177. The van der Waals surface area contributed by atoms with Crippen molar-refractivity contribution in [3.63, 3.8) is 0 Å². The van der Waals surface area contributed by atoms with Crippen molar-refractivity contribution < 1.29 is 23.8 Å². The fourth-order valence-electron chi connectivity index (χ4n) is 2.64. The number of aryl methyl sites for hydroxylation is 1. The van der Waals surface area contributed by atoms with Gasteiger partial charge in [0.2, 0.25) is 0 Å². The van der Waals surface area contributed by atoms with Crippen molar-refractivity contribution in [3.05, 3.63) is 63.5 Å². The Morgan fingerprint density at radius 1 is 1.30 bits per heavy atom. The zero-order valence-corrected chi connectivity index (χ0v) is 16.6. The van der Waals surface area contributed by atoms with Gasteiger partial charge in [-0.25, -0.2) is 28.9 Å². The normalized spacial score (nSPS) is 10.6. The van der Waals surface area contributed by atoms with E-state index in [1.807, 2.05) is 25.1 Å². The van der Waals surface area contributed by atoms with Gasteiger partial charge in [0, 0.05) is 25.6 Å². The summed E-state index contributed by atoms with van der Waals surface area (Å²) in [6, 6.07) is 7.93. The van der Waals surface area contributed by atoms with Gasteiger partial charge in [-0.05, 0) is 29.5 Å². The standard InChI is InChI=1S/C9H9ClN2O.C9H7N3O5/c1-6-12-8-4-7(5-11-10)2-3-9(8)13-6;1-17-9(16)5-2-4(8(14)15)10-6-3-7(13)11-12(5)6/h2-4,11H,5H2,1H3;2-3H,1H3,(H,11,13)(H,14,15). The Labute approximate surface area is 173 Å². The number of nitrogens with zero attached hydrogens (tertiary/aromatic N) is 3. The topological polar surface area (TPSA) is 152 Å². The number of fused-ring (bicyclic) bond motifs is 2. The molecule has 3 heterocycles. The number of carbonyl (C=O) groups is 2. The molecule has 0 saturated carbocycles. The van der Waals surface area contributed by atoms with Crippen LogP contribution in [0, 0.1) is 6.92 Å². The first-order valence-corrected chi connectivity index (χ1v) is 8.84. The fourth-order valence-corrected chi connectivity index (χ4v) is 2.79. The lowest BCUT2D eigenvalue weighted by Crippen LogP contribution is -2.14. The highest BCUT2D eigenvalue weighted by Gasteiger charge is 2.17. The number of aromatic nitrogens is 4. The zero-order valence-electron chi connectivity index (χ0n) is 15.8. The molecule has 1 aromatic carbocycles. The van der Waals surface area contributed by atoms with Gasteiger partial charge in [-0.3, -0.25) is 9.89 Å². The number of nitrogens with one attached hydrogen (secondary N) is 2. The molecular formula is C18H16ClN5O6. The van der Waals surface area contributed by atoms with Gasteiger partial charge in [-0.1, -0.05) is 6.07 Å². The molecule has 0 aliphatic rings. The highest BCUT2D eigenvalue weighted by atomic mass is 35.5. The van der Waals surface area contributed by atoms with E-state index in [1.165, 1.54) is 0 Å². The fraction of sp³-hybridized carbons (Fsp3) is 0.167. The molecule has 3 N–H and O–H groups in total. The van der Waals surface area contributed by atoms with E-state index >= 15 is 0 Å². The van der Waals surface area contributed by atoms with Crippen molar-refractivity contribution in [2.24, 2.45) is 0 Å². The number of oxazole rings is 1. The molecular weight excluding hydrogens is 418 g/mol. The molecule has 156 valence electrons. The number of methoxy groups -OCH3 is 1. The van der Waals surface area contributed by atoms with Crippen LogP contribution in [0.5, 0.6) is 0 Å². The lowest BCUT2D eigenvalue weighted by Gasteiger charge is -2.04. The average molecular weight is 434 g/mol. The molecule has 0 saturated heterocycles. The first kappa shape index (κ1) is 21.0. The highest BCUT2D eigenvalue weighted by Crippen LogP contribution is 2.16. The van der Waals surface area contributed by atoms with E-state index < -0.39 is 17.5 Å². The van der Waals surface area contributed by atoms with Crippen LogP contribution in [0.2, 0.25) is 0 Å². The molecule has 0 amide bonds. The summed E-state index contributed by atoms with van der Waals surface area (Å²) in [7, 11) is 1.15. The third kappa shape index (κ3) is 4.47. The van der Waals surface area contributed by atoms with Crippen molar-refractivity contribution in [3.8, 4) is 0 Å². The number of benzene rings is 1. The summed E-state index contributed by atoms with van der Waals surface area (Å²) in [5, 5.41) is 11.1. The molecule has 12 heteroatoms. The zero-order chi connectivity index (χ0) is 21.8. The van der Waals surface area contributed by atoms with Crippen molar-refractivity contribution in [2.75, 3.05) is 7.11 Å². The predicted octanol–water partition coefficient (Wildman–Crippen LogP) is 1.89. The summed E-state index contributed by atoms with van der Waals surface area (Å²) in [6.07, 6.45) is 0. The predicted molar refractivity (Wildman–Crippen MR) is 106 cm³/mol. The Kier molecular flexibility index (Phi) is 6.14. The summed E-state index contributed by atoms with van der Waals surface area (Å²) in [5.41, 5.74) is 1.87. The lowest BCUT2D eigenvalue weighted by atomic mass is 10.2. The monoisotopic (exact) mass is 433 g/mol. The molecule has 0 unspecified atom stereocenters. The van der Waals surface area contributed by atoms with Gasteiger partial charge in [-0.2, -0.15) is 0 Å². The number of ether oxygens (including phenoxy) is 1. The van der Waals surface area contributed by atoms with E-state index in [9.17, 15) is 14.4 Å². The molecule has 4 rings (SSSR count). The van der Waals surface area contributed by atoms with Gasteiger partial charge < -0.3 is 14.3 Å². The molecule has 0 fully saturated rings. The van der Waals surface area contributed by atoms with Gasteiger partial charge in [0.1, 0.15) is 5.52 Å². The number of carbonyl (C=O) groups excluding carboxylic acids is 1. The molecule has 4 aromatic rings. The molecule has 0 aliphatic carbocycles. The number of carboxylic acid groups (broad SMARTS) is 1. The Morgan fingerprint density at radius 2 is 2.07 bits per heavy atom. The first-order valence-electron chi connectivity index (χ1n) is 8.46. The summed E-state index contributed by atoms with van der Waals surface area (Å²) < 4.78 is 10.9. The second-order valence-corrected chi connectivity index (χ2v) is 6.25. The Hall–Kier alpha value is -3.70. The molecule has 3 aromatic heterocycles. The number of hydrogen-bond donors (Lipinski definition) is 3. The maximum Gasteiger partial charge on any atom is 0.356 e. The summed E-state index contributed by atoms with van der Waals surface area (Å²) in [6.45, 7) is 2.46. The van der Waals surface area contributed by atoms with E-state index in [4.69, 9.17) is 21.3 Å². The molecule has 30 heavy (non-hydrogen) atoms. The van der Waals surface area contributed by atoms with E-state index in [1.54, 1.807) is 0 Å². The number of halogens is 1. The number of aromatic carboxylic acids is 1. The van der Waals surface area contributed by atoms with Crippen molar-refractivity contribution in [1.82, 2.24) is 24.4 Å². The minimum atomic E-state index is -1.30.